The Hall–Kier alpha value is -1.39. The molecule has 0 bridgehead atoms. The average molecular weight is 278 g/mol. The fourth-order valence-corrected chi connectivity index (χ4v) is 4.08. The zero-order valence-corrected chi connectivity index (χ0v) is 12.7. The van der Waals surface area contributed by atoms with Crippen LogP contribution in [0.25, 0.3) is 0 Å². The normalized spacial score (nSPS) is 11.8. The van der Waals surface area contributed by atoms with Crippen LogP contribution in [0.5, 0.6) is 0 Å². The minimum absolute atomic E-state index is 0.339. The van der Waals surface area contributed by atoms with Gasteiger partial charge in [-0.25, -0.2) is 4.79 Å². The topological polar surface area (TPSA) is 35.5 Å². The van der Waals surface area contributed by atoms with Crippen molar-refractivity contribution in [1.82, 2.24) is 0 Å². The standard InChI is InChI=1S/C15H22O3Si/c1-3-15(16)18-12-8-5-9-13-19(17-2)14-10-6-4-7-11-14/h3-4,6-7,10-11,19H,1,5,8-9,12-13H2,2H3. The Morgan fingerprint density at radius 3 is 2.63 bits per heavy atom. The van der Waals surface area contributed by atoms with Gasteiger partial charge in [0, 0.05) is 13.2 Å². The molecule has 0 saturated heterocycles. The number of hydrogen-bond donors (Lipinski definition) is 0. The van der Waals surface area contributed by atoms with Crippen LogP contribution in [-0.4, -0.2) is 28.7 Å². The third-order valence-electron chi connectivity index (χ3n) is 2.98. The van der Waals surface area contributed by atoms with Crippen molar-refractivity contribution in [1.29, 1.82) is 0 Å². The van der Waals surface area contributed by atoms with Crippen LogP contribution in [0.3, 0.4) is 0 Å². The molecular formula is C15H22O3Si. The molecule has 104 valence electrons. The number of rotatable bonds is 9. The fourth-order valence-electron chi connectivity index (χ4n) is 1.93. The second-order valence-corrected chi connectivity index (χ2v) is 7.05. The van der Waals surface area contributed by atoms with Crippen molar-refractivity contribution < 1.29 is 14.0 Å². The van der Waals surface area contributed by atoms with E-state index in [1.54, 1.807) is 7.11 Å². The Labute approximate surface area is 117 Å². The highest BCUT2D eigenvalue weighted by atomic mass is 28.3. The average Bonchev–Trinajstić information content (AvgIpc) is 2.47. The van der Waals surface area contributed by atoms with Crippen LogP contribution in [-0.2, 0) is 14.0 Å². The van der Waals surface area contributed by atoms with Crippen LogP contribution < -0.4 is 5.19 Å². The molecule has 1 atom stereocenters. The van der Waals surface area contributed by atoms with Gasteiger partial charge in [0.1, 0.15) is 0 Å². The first kappa shape index (κ1) is 15.7. The monoisotopic (exact) mass is 278 g/mol. The van der Waals surface area contributed by atoms with E-state index in [1.165, 1.54) is 11.3 Å². The van der Waals surface area contributed by atoms with Crippen LogP contribution in [0.2, 0.25) is 6.04 Å². The molecule has 0 aliphatic heterocycles. The first-order valence-corrected chi connectivity index (χ1v) is 8.51. The van der Waals surface area contributed by atoms with Crippen molar-refractivity contribution >= 4 is 20.2 Å². The molecule has 0 heterocycles. The lowest BCUT2D eigenvalue weighted by atomic mass is 10.3. The maximum absolute atomic E-state index is 10.8. The van der Waals surface area contributed by atoms with Gasteiger partial charge < -0.3 is 9.16 Å². The largest absolute Gasteiger partial charge is 0.463 e. The lowest BCUT2D eigenvalue weighted by molar-refractivity contribution is -0.137. The molecule has 0 spiro atoms. The predicted octanol–water partition coefficient (Wildman–Crippen LogP) is 2.16. The Kier molecular flexibility index (Phi) is 7.85. The van der Waals surface area contributed by atoms with Crippen LogP contribution in [0.4, 0.5) is 0 Å². The molecule has 0 aromatic heterocycles. The minimum atomic E-state index is -1.27. The number of ether oxygens (including phenoxy) is 1. The Bertz CT molecular complexity index is 378. The number of hydrogen-bond acceptors (Lipinski definition) is 3. The van der Waals surface area contributed by atoms with Gasteiger partial charge in [-0.1, -0.05) is 49.8 Å². The molecule has 0 radical (unpaired) electrons. The van der Waals surface area contributed by atoms with Gasteiger partial charge in [-0.15, -0.1) is 0 Å². The van der Waals surface area contributed by atoms with Gasteiger partial charge >= 0.3 is 5.97 Å². The number of unbranched alkanes of at least 4 members (excludes halogenated alkanes) is 2. The van der Waals surface area contributed by atoms with Crippen molar-refractivity contribution in [3.05, 3.63) is 43.0 Å². The van der Waals surface area contributed by atoms with Crippen LogP contribution in [0.15, 0.2) is 43.0 Å². The Balaban J connectivity index is 2.17. The third kappa shape index (κ3) is 6.36. The van der Waals surface area contributed by atoms with Gasteiger partial charge in [0.15, 0.2) is 0 Å². The molecule has 1 unspecified atom stereocenters. The quantitative estimate of drug-likeness (QED) is 0.300. The van der Waals surface area contributed by atoms with Crippen molar-refractivity contribution in [3.8, 4) is 0 Å². The summed E-state index contributed by atoms with van der Waals surface area (Å²) in [4.78, 5) is 10.8. The highest BCUT2D eigenvalue weighted by molar-refractivity contribution is 6.67. The van der Waals surface area contributed by atoms with Crippen molar-refractivity contribution in [2.75, 3.05) is 13.7 Å². The van der Waals surface area contributed by atoms with E-state index >= 15 is 0 Å². The molecule has 0 amide bonds. The fraction of sp³-hybridized carbons (Fsp3) is 0.400. The highest BCUT2D eigenvalue weighted by Gasteiger charge is 2.12. The maximum Gasteiger partial charge on any atom is 0.330 e. The van der Waals surface area contributed by atoms with Gasteiger partial charge in [0.2, 0.25) is 9.04 Å². The number of benzene rings is 1. The summed E-state index contributed by atoms with van der Waals surface area (Å²) in [5.41, 5.74) is 0. The zero-order valence-electron chi connectivity index (χ0n) is 11.5. The third-order valence-corrected chi connectivity index (χ3v) is 5.61. The Morgan fingerprint density at radius 2 is 2.00 bits per heavy atom. The summed E-state index contributed by atoms with van der Waals surface area (Å²) in [7, 11) is 0.529. The number of esters is 1. The van der Waals surface area contributed by atoms with Crippen molar-refractivity contribution in [3.63, 3.8) is 0 Å². The molecule has 0 aliphatic rings. The summed E-state index contributed by atoms with van der Waals surface area (Å²) in [5.74, 6) is -0.339. The van der Waals surface area contributed by atoms with E-state index in [1.807, 2.05) is 6.07 Å². The van der Waals surface area contributed by atoms with E-state index in [-0.39, 0.29) is 5.97 Å². The first-order valence-electron chi connectivity index (χ1n) is 6.65. The molecular weight excluding hydrogens is 256 g/mol. The van der Waals surface area contributed by atoms with Crippen molar-refractivity contribution in [2.45, 2.75) is 25.3 Å². The summed E-state index contributed by atoms with van der Waals surface area (Å²) in [6.07, 6.45) is 4.28. The second kappa shape index (κ2) is 9.53. The molecule has 1 aromatic rings. The zero-order chi connectivity index (χ0) is 13.9. The van der Waals surface area contributed by atoms with Gasteiger partial charge in [-0.3, -0.25) is 0 Å². The Morgan fingerprint density at radius 1 is 1.26 bits per heavy atom. The maximum atomic E-state index is 10.8. The molecule has 4 heteroatoms. The van der Waals surface area contributed by atoms with Gasteiger partial charge in [0.25, 0.3) is 0 Å². The molecule has 0 fully saturated rings. The SMILES string of the molecule is C=CC(=O)OCCCCC[SiH](OC)c1ccccc1. The van der Waals surface area contributed by atoms with E-state index in [2.05, 4.69) is 30.8 Å². The summed E-state index contributed by atoms with van der Waals surface area (Å²) in [6.45, 7) is 3.84. The van der Waals surface area contributed by atoms with Crippen LogP contribution in [0, 0.1) is 0 Å². The van der Waals surface area contributed by atoms with Crippen molar-refractivity contribution in [2.24, 2.45) is 0 Å². The summed E-state index contributed by atoms with van der Waals surface area (Å²) in [6, 6.07) is 11.6. The predicted molar refractivity (Wildman–Crippen MR) is 80.0 cm³/mol. The van der Waals surface area contributed by atoms with Gasteiger partial charge in [-0.05, 0) is 17.7 Å². The van der Waals surface area contributed by atoms with E-state index < -0.39 is 9.04 Å². The second-order valence-electron chi connectivity index (χ2n) is 4.36. The number of carbonyl (C=O) groups is 1. The first-order chi connectivity index (χ1) is 9.27. The lowest BCUT2D eigenvalue weighted by Crippen LogP contribution is -2.31. The van der Waals surface area contributed by atoms with Gasteiger partial charge in [0.05, 0.1) is 6.61 Å². The van der Waals surface area contributed by atoms with E-state index in [0.717, 1.165) is 25.3 Å². The number of carbonyl (C=O) groups excluding carboxylic acids is 1. The molecule has 0 saturated carbocycles. The highest BCUT2D eigenvalue weighted by Crippen LogP contribution is 2.06. The molecule has 1 aromatic carbocycles. The van der Waals surface area contributed by atoms with E-state index in [9.17, 15) is 4.79 Å². The molecule has 0 N–H and O–H groups in total. The van der Waals surface area contributed by atoms with Crippen LogP contribution >= 0.6 is 0 Å². The van der Waals surface area contributed by atoms with E-state index in [4.69, 9.17) is 9.16 Å². The minimum Gasteiger partial charge on any atom is -0.463 e. The smallest absolute Gasteiger partial charge is 0.330 e. The lowest BCUT2D eigenvalue weighted by Gasteiger charge is -2.13. The van der Waals surface area contributed by atoms with Crippen LogP contribution in [0.1, 0.15) is 19.3 Å². The van der Waals surface area contributed by atoms with E-state index in [0.29, 0.717) is 6.61 Å². The molecule has 0 aliphatic carbocycles. The summed E-state index contributed by atoms with van der Waals surface area (Å²) >= 11 is 0. The molecule has 19 heavy (non-hydrogen) atoms. The van der Waals surface area contributed by atoms with Gasteiger partial charge in [-0.2, -0.15) is 0 Å². The summed E-state index contributed by atoms with van der Waals surface area (Å²) < 4.78 is 10.6. The summed E-state index contributed by atoms with van der Waals surface area (Å²) in [5, 5.41) is 1.35. The molecule has 1 rings (SSSR count). The molecule has 3 nitrogen and oxygen atoms in total.